The molecule has 0 saturated carbocycles. The van der Waals surface area contributed by atoms with Crippen LogP contribution in [0.1, 0.15) is 58.9 Å². The number of aromatic nitrogens is 3. The molecule has 0 unspecified atom stereocenters. The Morgan fingerprint density at radius 2 is 1.80 bits per heavy atom. The molecular weight excluding hydrogens is 404 g/mol. The number of carbonyl (C=O) groups is 1. The molecule has 1 amide bonds. The number of pyridine rings is 1. The van der Waals surface area contributed by atoms with E-state index in [0.29, 0.717) is 16.5 Å². The predicted octanol–water partition coefficient (Wildman–Crippen LogP) is 3.26. The maximum Gasteiger partial charge on any atom is 0.261 e. The number of nitrogens with one attached hydrogen (secondary N) is 3. The molecule has 3 aromatic rings. The van der Waals surface area contributed by atoms with Crippen molar-refractivity contribution in [1.82, 2.24) is 20.3 Å². The number of aryl methyl sites for hydroxylation is 1. The number of rotatable bonds is 6. The SMILES string of the molecule is Cc1nc(C[C@H](NC(=O)c2ccc(C(C)C)[nH]c2=O)c2ccc(Cl)cc2)cc(=O)[nH]1. The van der Waals surface area contributed by atoms with Gasteiger partial charge < -0.3 is 15.3 Å². The quantitative estimate of drug-likeness (QED) is 0.562. The van der Waals surface area contributed by atoms with Crippen molar-refractivity contribution in [2.24, 2.45) is 0 Å². The smallest absolute Gasteiger partial charge is 0.261 e. The second-order valence-electron chi connectivity index (χ2n) is 7.42. The van der Waals surface area contributed by atoms with Gasteiger partial charge in [0, 0.05) is 23.2 Å². The van der Waals surface area contributed by atoms with Gasteiger partial charge >= 0.3 is 0 Å². The molecule has 2 heterocycles. The molecule has 0 aliphatic carbocycles. The molecule has 1 atom stereocenters. The van der Waals surface area contributed by atoms with Crippen LogP contribution in [0, 0.1) is 6.92 Å². The Balaban J connectivity index is 1.92. The summed E-state index contributed by atoms with van der Waals surface area (Å²) in [4.78, 5) is 46.8. The van der Waals surface area contributed by atoms with E-state index in [9.17, 15) is 14.4 Å². The van der Waals surface area contributed by atoms with Crippen molar-refractivity contribution in [3.8, 4) is 0 Å². The largest absolute Gasteiger partial charge is 0.345 e. The van der Waals surface area contributed by atoms with E-state index in [4.69, 9.17) is 11.6 Å². The van der Waals surface area contributed by atoms with Crippen molar-refractivity contribution >= 4 is 17.5 Å². The van der Waals surface area contributed by atoms with Crippen LogP contribution >= 0.6 is 11.6 Å². The van der Waals surface area contributed by atoms with Crippen LogP contribution in [0.2, 0.25) is 5.02 Å². The number of nitrogens with zero attached hydrogens (tertiary/aromatic N) is 1. The Hall–Kier alpha value is -3.19. The molecule has 0 saturated heterocycles. The highest BCUT2D eigenvalue weighted by atomic mass is 35.5. The third-order valence-electron chi connectivity index (χ3n) is 4.70. The van der Waals surface area contributed by atoms with Crippen molar-refractivity contribution in [2.45, 2.75) is 39.2 Å². The van der Waals surface area contributed by atoms with Gasteiger partial charge in [0.25, 0.3) is 17.0 Å². The molecule has 0 fully saturated rings. The fourth-order valence-electron chi connectivity index (χ4n) is 3.14. The summed E-state index contributed by atoms with van der Waals surface area (Å²) in [6, 6.07) is 11.2. The Morgan fingerprint density at radius 3 is 2.40 bits per heavy atom. The Bertz CT molecular complexity index is 1170. The molecule has 0 bridgehead atoms. The van der Waals surface area contributed by atoms with Crippen LogP contribution in [0.25, 0.3) is 0 Å². The first kappa shape index (κ1) is 21.5. The Labute approximate surface area is 178 Å². The third-order valence-corrected chi connectivity index (χ3v) is 4.95. The number of benzene rings is 1. The lowest BCUT2D eigenvalue weighted by atomic mass is 10.0. The first-order valence-electron chi connectivity index (χ1n) is 9.59. The van der Waals surface area contributed by atoms with Gasteiger partial charge in [0.05, 0.1) is 11.7 Å². The molecule has 0 aliphatic heterocycles. The van der Waals surface area contributed by atoms with Gasteiger partial charge in [-0.05, 0) is 42.7 Å². The maximum absolute atomic E-state index is 12.9. The van der Waals surface area contributed by atoms with Crippen molar-refractivity contribution in [2.75, 3.05) is 0 Å². The molecule has 3 N–H and O–H groups in total. The summed E-state index contributed by atoms with van der Waals surface area (Å²) >= 11 is 5.99. The summed E-state index contributed by atoms with van der Waals surface area (Å²) in [7, 11) is 0. The second-order valence-corrected chi connectivity index (χ2v) is 7.85. The molecule has 1 aromatic carbocycles. The average Bonchev–Trinajstić information content (AvgIpc) is 2.67. The number of carbonyl (C=O) groups excluding carboxylic acids is 1. The fraction of sp³-hybridized carbons (Fsp3) is 0.273. The Morgan fingerprint density at radius 1 is 1.10 bits per heavy atom. The number of hydrogen-bond acceptors (Lipinski definition) is 4. The van der Waals surface area contributed by atoms with Crippen LogP contribution in [-0.2, 0) is 6.42 Å². The number of amides is 1. The molecule has 7 nitrogen and oxygen atoms in total. The van der Waals surface area contributed by atoms with E-state index in [-0.39, 0.29) is 23.5 Å². The molecule has 8 heteroatoms. The minimum Gasteiger partial charge on any atom is -0.345 e. The molecule has 0 radical (unpaired) electrons. The van der Waals surface area contributed by atoms with Crippen LogP contribution < -0.4 is 16.4 Å². The minimum atomic E-state index is -0.507. The second kappa shape index (κ2) is 9.09. The normalized spacial score (nSPS) is 12.0. The zero-order valence-electron chi connectivity index (χ0n) is 17.0. The lowest BCUT2D eigenvalue weighted by Gasteiger charge is -2.19. The van der Waals surface area contributed by atoms with E-state index in [1.165, 1.54) is 12.1 Å². The topological polar surface area (TPSA) is 108 Å². The van der Waals surface area contributed by atoms with E-state index in [0.717, 1.165) is 11.3 Å². The van der Waals surface area contributed by atoms with E-state index < -0.39 is 17.5 Å². The van der Waals surface area contributed by atoms with Crippen LogP contribution in [0.4, 0.5) is 0 Å². The van der Waals surface area contributed by atoms with E-state index in [1.54, 1.807) is 37.3 Å². The maximum atomic E-state index is 12.9. The van der Waals surface area contributed by atoms with Gasteiger partial charge in [-0.15, -0.1) is 0 Å². The molecule has 30 heavy (non-hydrogen) atoms. The standard InChI is InChI=1S/C22H23ClN4O3/c1-12(2)18-9-8-17(21(29)26-18)22(30)27-19(14-4-6-15(23)7-5-14)10-16-11-20(28)25-13(3)24-16/h4-9,11-12,19H,10H2,1-3H3,(H,26,29)(H,27,30)(H,24,25,28)/t19-/m0/s1. The average molecular weight is 427 g/mol. The first-order valence-corrected chi connectivity index (χ1v) is 9.97. The summed E-state index contributed by atoms with van der Waals surface area (Å²) in [6.45, 7) is 5.60. The summed E-state index contributed by atoms with van der Waals surface area (Å²) in [5, 5.41) is 3.46. The third kappa shape index (κ3) is 5.24. The van der Waals surface area contributed by atoms with E-state index in [2.05, 4.69) is 20.3 Å². The van der Waals surface area contributed by atoms with Gasteiger partial charge in [0.1, 0.15) is 11.4 Å². The molecule has 156 valence electrons. The van der Waals surface area contributed by atoms with Crippen molar-refractivity contribution in [1.29, 1.82) is 0 Å². The molecule has 0 spiro atoms. The fourth-order valence-corrected chi connectivity index (χ4v) is 3.27. The van der Waals surface area contributed by atoms with Gasteiger partial charge in [-0.25, -0.2) is 4.98 Å². The highest BCUT2D eigenvalue weighted by molar-refractivity contribution is 6.30. The van der Waals surface area contributed by atoms with Crippen molar-refractivity contribution in [3.05, 3.63) is 96.5 Å². The minimum absolute atomic E-state index is 0.0217. The number of aromatic amines is 2. The van der Waals surface area contributed by atoms with Gasteiger partial charge in [0.2, 0.25) is 0 Å². The van der Waals surface area contributed by atoms with Gasteiger partial charge in [-0.3, -0.25) is 14.4 Å². The number of halogens is 1. The van der Waals surface area contributed by atoms with Crippen molar-refractivity contribution in [3.63, 3.8) is 0 Å². The Kier molecular flexibility index (Phi) is 6.52. The van der Waals surface area contributed by atoms with Gasteiger partial charge in [-0.1, -0.05) is 37.6 Å². The molecule has 3 rings (SSSR count). The van der Waals surface area contributed by atoms with E-state index in [1.807, 2.05) is 13.8 Å². The predicted molar refractivity (Wildman–Crippen MR) is 116 cm³/mol. The summed E-state index contributed by atoms with van der Waals surface area (Å²) in [5.74, 6) is 0.120. The highest BCUT2D eigenvalue weighted by Crippen LogP contribution is 2.20. The zero-order chi connectivity index (χ0) is 21.8. The first-order chi connectivity index (χ1) is 14.2. The lowest BCUT2D eigenvalue weighted by molar-refractivity contribution is 0.0934. The zero-order valence-corrected chi connectivity index (χ0v) is 17.7. The molecular formula is C22H23ClN4O3. The monoisotopic (exact) mass is 426 g/mol. The van der Waals surface area contributed by atoms with Crippen LogP contribution in [0.15, 0.2) is 52.1 Å². The molecule has 0 aliphatic rings. The van der Waals surface area contributed by atoms with Crippen LogP contribution in [-0.4, -0.2) is 20.9 Å². The van der Waals surface area contributed by atoms with Crippen molar-refractivity contribution < 1.29 is 4.79 Å². The van der Waals surface area contributed by atoms with Gasteiger partial charge in [0.15, 0.2) is 0 Å². The highest BCUT2D eigenvalue weighted by Gasteiger charge is 2.20. The molecule has 2 aromatic heterocycles. The number of hydrogen-bond donors (Lipinski definition) is 3. The van der Waals surface area contributed by atoms with Gasteiger partial charge in [-0.2, -0.15) is 0 Å². The van der Waals surface area contributed by atoms with Crippen LogP contribution in [0.3, 0.4) is 0 Å². The van der Waals surface area contributed by atoms with Crippen LogP contribution in [0.5, 0.6) is 0 Å². The van der Waals surface area contributed by atoms with E-state index >= 15 is 0 Å². The summed E-state index contributed by atoms with van der Waals surface area (Å²) < 4.78 is 0. The lowest BCUT2D eigenvalue weighted by Crippen LogP contribution is -2.34. The summed E-state index contributed by atoms with van der Waals surface area (Å²) in [5.41, 5.74) is 1.38. The number of H-pyrrole nitrogens is 2. The summed E-state index contributed by atoms with van der Waals surface area (Å²) in [6.07, 6.45) is 0.278.